The molecule has 0 bridgehead atoms. The van der Waals surface area contributed by atoms with E-state index in [4.69, 9.17) is 18.9 Å². The molecule has 0 aliphatic carbocycles. The number of para-hydroxylation sites is 1. The molecule has 1 aliphatic rings. The molecule has 5 nitrogen and oxygen atoms in total. The van der Waals surface area contributed by atoms with Gasteiger partial charge in [-0.1, -0.05) is 36.4 Å². The molecule has 0 fully saturated rings. The quantitative estimate of drug-likeness (QED) is 0.496. The highest BCUT2D eigenvalue weighted by molar-refractivity contribution is 6.15. The summed E-state index contributed by atoms with van der Waals surface area (Å²) in [5, 5.41) is 0. The van der Waals surface area contributed by atoms with Crippen LogP contribution in [-0.4, -0.2) is 20.0 Å². The molecule has 5 heteroatoms. The number of methoxy groups -OCH3 is 2. The Labute approximate surface area is 181 Å². The lowest BCUT2D eigenvalue weighted by Crippen LogP contribution is -2.01. The van der Waals surface area contributed by atoms with Gasteiger partial charge in [0.05, 0.1) is 19.8 Å². The lowest BCUT2D eigenvalue weighted by atomic mass is 10.0. The standard InChI is InChI=1S/C26H24O5/c1-16-8-5-6-9-19(16)15-30-20-12-17(2)24-22(14-20)31-23(25(24)27)13-18-10-7-11-21(28-3)26(18)29-4/h5-14H,15H2,1-4H3/b23-13-. The summed E-state index contributed by atoms with van der Waals surface area (Å²) in [6.45, 7) is 4.39. The van der Waals surface area contributed by atoms with E-state index in [-0.39, 0.29) is 11.5 Å². The van der Waals surface area contributed by atoms with E-state index >= 15 is 0 Å². The lowest BCUT2D eigenvalue weighted by molar-refractivity contribution is 0.101. The number of ether oxygens (including phenoxy) is 4. The monoisotopic (exact) mass is 416 g/mol. The van der Waals surface area contributed by atoms with Gasteiger partial charge in [-0.3, -0.25) is 4.79 Å². The second-order valence-electron chi connectivity index (χ2n) is 7.35. The summed E-state index contributed by atoms with van der Waals surface area (Å²) in [6.07, 6.45) is 1.68. The number of carbonyl (C=O) groups excluding carboxylic acids is 1. The molecule has 0 radical (unpaired) electrons. The molecule has 3 aromatic carbocycles. The predicted molar refractivity (Wildman–Crippen MR) is 119 cm³/mol. The van der Waals surface area contributed by atoms with E-state index in [1.165, 1.54) is 5.56 Å². The van der Waals surface area contributed by atoms with Crippen molar-refractivity contribution in [2.75, 3.05) is 14.2 Å². The molecule has 0 aromatic heterocycles. The Kier molecular flexibility index (Phi) is 5.67. The summed E-state index contributed by atoms with van der Waals surface area (Å²) in [5.41, 5.74) is 4.35. The van der Waals surface area contributed by atoms with Crippen LogP contribution in [0.15, 0.2) is 60.4 Å². The van der Waals surface area contributed by atoms with Crippen molar-refractivity contribution in [1.29, 1.82) is 0 Å². The molecule has 0 spiro atoms. The van der Waals surface area contributed by atoms with Crippen LogP contribution in [0.3, 0.4) is 0 Å². The molecule has 0 unspecified atom stereocenters. The van der Waals surface area contributed by atoms with Crippen molar-refractivity contribution in [2.24, 2.45) is 0 Å². The van der Waals surface area contributed by atoms with Crippen LogP contribution in [-0.2, 0) is 6.61 Å². The van der Waals surface area contributed by atoms with Gasteiger partial charge in [0.25, 0.3) is 0 Å². The summed E-state index contributed by atoms with van der Waals surface area (Å²) in [5.74, 6) is 2.36. The maximum atomic E-state index is 13.0. The van der Waals surface area contributed by atoms with E-state index in [9.17, 15) is 4.79 Å². The second-order valence-corrected chi connectivity index (χ2v) is 7.35. The Balaban J connectivity index is 1.61. The average molecular weight is 416 g/mol. The molecular formula is C26H24O5. The van der Waals surface area contributed by atoms with Crippen LogP contribution >= 0.6 is 0 Å². The van der Waals surface area contributed by atoms with Gasteiger partial charge in [-0.15, -0.1) is 0 Å². The zero-order chi connectivity index (χ0) is 22.0. The summed E-state index contributed by atoms with van der Waals surface area (Å²) in [4.78, 5) is 13.0. The number of fused-ring (bicyclic) bond motifs is 1. The van der Waals surface area contributed by atoms with Gasteiger partial charge >= 0.3 is 0 Å². The minimum Gasteiger partial charge on any atom is -0.493 e. The first-order valence-electron chi connectivity index (χ1n) is 9.99. The number of hydrogen-bond donors (Lipinski definition) is 0. The fraction of sp³-hybridized carbons (Fsp3) is 0.192. The van der Waals surface area contributed by atoms with Crippen molar-refractivity contribution in [1.82, 2.24) is 0 Å². The maximum Gasteiger partial charge on any atom is 0.232 e. The highest BCUT2D eigenvalue weighted by atomic mass is 16.5. The van der Waals surface area contributed by atoms with Crippen molar-refractivity contribution >= 4 is 11.9 Å². The average Bonchev–Trinajstić information content (AvgIpc) is 3.08. The van der Waals surface area contributed by atoms with Crippen LogP contribution in [0.2, 0.25) is 0 Å². The number of ketones is 1. The number of Topliss-reactive ketones (excluding diaryl/α,β-unsaturated/α-hetero) is 1. The van der Waals surface area contributed by atoms with E-state index in [0.717, 1.165) is 11.1 Å². The van der Waals surface area contributed by atoms with Gasteiger partial charge in [-0.2, -0.15) is 0 Å². The van der Waals surface area contributed by atoms with Gasteiger partial charge in [-0.05, 0) is 48.7 Å². The fourth-order valence-electron chi connectivity index (χ4n) is 3.66. The van der Waals surface area contributed by atoms with Crippen LogP contribution in [0.1, 0.15) is 32.6 Å². The molecule has 1 heterocycles. The molecular weight excluding hydrogens is 392 g/mol. The Morgan fingerprint density at radius 1 is 0.935 bits per heavy atom. The number of benzene rings is 3. The Morgan fingerprint density at radius 3 is 2.48 bits per heavy atom. The molecule has 0 saturated heterocycles. The Bertz CT molecular complexity index is 1180. The van der Waals surface area contributed by atoms with E-state index in [1.807, 2.05) is 43.3 Å². The van der Waals surface area contributed by atoms with E-state index < -0.39 is 0 Å². The molecule has 158 valence electrons. The first-order chi connectivity index (χ1) is 15.0. The molecule has 3 aromatic rings. The predicted octanol–water partition coefficient (Wildman–Crippen LogP) is 5.52. The van der Waals surface area contributed by atoms with Gasteiger partial charge in [0.15, 0.2) is 17.3 Å². The van der Waals surface area contributed by atoms with Crippen molar-refractivity contribution in [3.8, 4) is 23.0 Å². The van der Waals surface area contributed by atoms with Crippen LogP contribution < -0.4 is 18.9 Å². The third-order valence-electron chi connectivity index (χ3n) is 5.32. The van der Waals surface area contributed by atoms with Crippen LogP contribution in [0.4, 0.5) is 0 Å². The lowest BCUT2D eigenvalue weighted by Gasteiger charge is -2.11. The van der Waals surface area contributed by atoms with Crippen molar-refractivity contribution in [3.05, 3.63) is 88.2 Å². The number of allylic oxidation sites excluding steroid dienone is 1. The molecule has 0 atom stereocenters. The Hall–Kier alpha value is -3.73. The third kappa shape index (κ3) is 3.99. The summed E-state index contributed by atoms with van der Waals surface area (Å²) < 4.78 is 22.7. The topological polar surface area (TPSA) is 54.0 Å². The van der Waals surface area contributed by atoms with Gasteiger partial charge in [0.1, 0.15) is 18.1 Å². The minimum atomic E-state index is -0.164. The van der Waals surface area contributed by atoms with Crippen molar-refractivity contribution < 1.29 is 23.7 Å². The van der Waals surface area contributed by atoms with Crippen LogP contribution in [0, 0.1) is 13.8 Å². The third-order valence-corrected chi connectivity index (χ3v) is 5.32. The highest BCUT2D eigenvalue weighted by Crippen LogP contribution is 2.39. The number of carbonyl (C=O) groups is 1. The van der Waals surface area contributed by atoms with Crippen LogP contribution in [0.5, 0.6) is 23.0 Å². The van der Waals surface area contributed by atoms with Gasteiger partial charge < -0.3 is 18.9 Å². The highest BCUT2D eigenvalue weighted by Gasteiger charge is 2.30. The van der Waals surface area contributed by atoms with Gasteiger partial charge in [-0.25, -0.2) is 0 Å². The number of aryl methyl sites for hydroxylation is 2. The van der Waals surface area contributed by atoms with Gasteiger partial charge in [0, 0.05) is 11.6 Å². The second kappa shape index (κ2) is 8.56. The largest absolute Gasteiger partial charge is 0.493 e. The zero-order valence-corrected chi connectivity index (χ0v) is 18.0. The Morgan fingerprint density at radius 2 is 1.74 bits per heavy atom. The molecule has 0 N–H and O–H groups in total. The SMILES string of the molecule is COc1cccc(/C=C2\Oc3cc(OCc4ccccc4C)cc(C)c3C2=O)c1OC. The first kappa shape index (κ1) is 20.5. The van der Waals surface area contributed by atoms with E-state index in [1.54, 1.807) is 32.4 Å². The van der Waals surface area contributed by atoms with Gasteiger partial charge in [0.2, 0.25) is 5.78 Å². The van der Waals surface area contributed by atoms with Crippen molar-refractivity contribution in [3.63, 3.8) is 0 Å². The fourth-order valence-corrected chi connectivity index (χ4v) is 3.66. The van der Waals surface area contributed by atoms with Crippen molar-refractivity contribution in [2.45, 2.75) is 20.5 Å². The molecule has 31 heavy (non-hydrogen) atoms. The molecule has 0 saturated carbocycles. The minimum absolute atomic E-state index is 0.164. The normalized spacial score (nSPS) is 13.7. The number of hydrogen-bond acceptors (Lipinski definition) is 5. The summed E-state index contributed by atoms with van der Waals surface area (Å²) in [7, 11) is 3.14. The smallest absolute Gasteiger partial charge is 0.232 e. The molecule has 1 aliphatic heterocycles. The van der Waals surface area contributed by atoms with E-state index in [2.05, 4.69) is 13.0 Å². The van der Waals surface area contributed by atoms with Crippen LogP contribution in [0.25, 0.3) is 6.08 Å². The molecule has 0 amide bonds. The summed E-state index contributed by atoms with van der Waals surface area (Å²) in [6, 6.07) is 17.2. The number of rotatable bonds is 6. The summed E-state index contributed by atoms with van der Waals surface area (Å²) >= 11 is 0. The maximum absolute atomic E-state index is 13.0. The van der Waals surface area contributed by atoms with E-state index in [0.29, 0.717) is 40.7 Å². The zero-order valence-electron chi connectivity index (χ0n) is 18.0. The first-order valence-corrected chi connectivity index (χ1v) is 9.99. The molecule has 4 rings (SSSR count).